The smallest absolute Gasteiger partial charge is 0.410 e. The van der Waals surface area contributed by atoms with E-state index in [-0.39, 0.29) is 28.5 Å². The van der Waals surface area contributed by atoms with Crippen molar-refractivity contribution in [2.45, 2.75) is 100 Å². The normalized spacial score (nSPS) is 23.4. The van der Waals surface area contributed by atoms with Crippen molar-refractivity contribution in [3.63, 3.8) is 0 Å². The fourth-order valence-electron chi connectivity index (χ4n) is 7.38. The number of aliphatic hydroxyl groups is 1. The Kier molecular flexibility index (Phi) is 9.58. The Morgan fingerprint density at radius 3 is 2.33 bits per heavy atom. The highest BCUT2D eigenvalue weighted by atomic mass is 32.2. The number of amides is 1. The number of aromatic nitrogens is 3. The topological polar surface area (TPSA) is 147 Å². The van der Waals surface area contributed by atoms with Crippen LogP contribution in [0, 0.1) is 5.92 Å². The van der Waals surface area contributed by atoms with Gasteiger partial charge in [-0.15, -0.1) is 0 Å². The lowest BCUT2D eigenvalue weighted by molar-refractivity contribution is 0.0166. The predicted octanol–water partition coefficient (Wildman–Crippen LogP) is 4.90. The third-order valence-electron chi connectivity index (χ3n) is 10.1. The van der Waals surface area contributed by atoms with Gasteiger partial charge in [0.15, 0.2) is 9.84 Å². The summed E-state index contributed by atoms with van der Waals surface area (Å²) in [6.45, 7) is 11.1. The van der Waals surface area contributed by atoms with Crippen LogP contribution < -0.4 is 10.9 Å². The summed E-state index contributed by atoms with van der Waals surface area (Å²) < 4.78 is 34.2. The van der Waals surface area contributed by atoms with Crippen LogP contribution >= 0.6 is 0 Å². The van der Waals surface area contributed by atoms with E-state index in [0.717, 1.165) is 38.9 Å². The molecule has 2 aliphatic heterocycles. The van der Waals surface area contributed by atoms with E-state index in [1.165, 1.54) is 6.07 Å². The summed E-state index contributed by atoms with van der Waals surface area (Å²) in [5.74, 6) is 0.756. The summed E-state index contributed by atoms with van der Waals surface area (Å²) in [6.07, 6.45) is 6.52. The van der Waals surface area contributed by atoms with Gasteiger partial charge in [-0.2, -0.15) is 4.98 Å². The third-order valence-corrected chi connectivity index (χ3v) is 12.3. The Morgan fingerprint density at radius 1 is 1.02 bits per heavy atom. The number of pyridine rings is 1. The minimum absolute atomic E-state index is 0.222. The maximum Gasteiger partial charge on any atom is 0.410 e. The Morgan fingerprint density at radius 2 is 1.71 bits per heavy atom. The molecule has 260 valence electrons. The molecule has 3 aliphatic rings. The molecule has 0 spiro atoms. The summed E-state index contributed by atoms with van der Waals surface area (Å²) >= 11 is 0. The molecule has 1 aliphatic carbocycles. The molecule has 1 saturated carbocycles. The van der Waals surface area contributed by atoms with Gasteiger partial charge in [0.25, 0.3) is 5.56 Å². The first-order valence-corrected chi connectivity index (χ1v) is 18.7. The third kappa shape index (κ3) is 7.52. The molecule has 6 rings (SSSR count). The van der Waals surface area contributed by atoms with Crippen LogP contribution in [0.5, 0.6) is 0 Å². The summed E-state index contributed by atoms with van der Waals surface area (Å²) in [7, 11) is -3.51. The number of likely N-dealkylation sites (tertiary alicyclic amines) is 2. The van der Waals surface area contributed by atoms with E-state index in [2.05, 4.69) is 20.2 Å². The number of carbonyl (C=O) groups excluding carboxylic acids is 1. The van der Waals surface area contributed by atoms with E-state index >= 15 is 0 Å². The van der Waals surface area contributed by atoms with Crippen molar-refractivity contribution in [1.29, 1.82) is 0 Å². The maximum atomic E-state index is 13.6. The van der Waals surface area contributed by atoms with Crippen LogP contribution in [0.1, 0.15) is 78.7 Å². The number of piperidine rings is 2. The van der Waals surface area contributed by atoms with Crippen molar-refractivity contribution in [3.8, 4) is 0 Å². The quantitative estimate of drug-likeness (QED) is 0.353. The Hall–Kier alpha value is -3.55. The fourth-order valence-corrected chi connectivity index (χ4v) is 9.11. The Labute approximate surface area is 282 Å². The number of hydrogen-bond donors (Lipinski definition) is 2. The second kappa shape index (κ2) is 13.4. The lowest BCUT2D eigenvalue weighted by atomic mass is 9.95. The molecule has 13 heteroatoms. The zero-order valence-electron chi connectivity index (χ0n) is 28.4. The van der Waals surface area contributed by atoms with Gasteiger partial charge in [0, 0.05) is 43.0 Å². The van der Waals surface area contributed by atoms with Crippen molar-refractivity contribution in [2.24, 2.45) is 5.92 Å². The summed E-state index contributed by atoms with van der Waals surface area (Å²) in [5.41, 5.74) is -0.654. The highest BCUT2D eigenvalue weighted by Gasteiger charge is 2.39. The lowest BCUT2D eigenvalue weighted by Crippen LogP contribution is -2.45. The number of sulfone groups is 1. The molecule has 2 saturated heterocycles. The zero-order chi connectivity index (χ0) is 34.3. The number of hydrogen-bond acceptors (Lipinski definition) is 10. The van der Waals surface area contributed by atoms with E-state index < -0.39 is 26.3 Å². The SMILES string of the molecule is CC(C)(C)OC(=O)N1CCC(CN2CCC(S(=O)(=O)c3ccc(Nc4ncc5ccc(=O)n([C@H]6CCC[C@]6(C)O)c5n4)cc3)CC2)CC1. The van der Waals surface area contributed by atoms with Crippen LogP contribution in [0.4, 0.5) is 16.4 Å². The van der Waals surface area contributed by atoms with Crippen LogP contribution in [-0.4, -0.2) is 93.1 Å². The van der Waals surface area contributed by atoms with E-state index in [1.54, 1.807) is 52.9 Å². The number of anilines is 2. The van der Waals surface area contributed by atoms with Gasteiger partial charge in [-0.3, -0.25) is 9.36 Å². The van der Waals surface area contributed by atoms with E-state index in [1.807, 2.05) is 20.8 Å². The number of rotatable bonds is 7. The van der Waals surface area contributed by atoms with Crippen molar-refractivity contribution in [3.05, 3.63) is 52.9 Å². The van der Waals surface area contributed by atoms with Crippen LogP contribution in [0.25, 0.3) is 11.0 Å². The molecule has 4 heterocycles. The molecule has 1 amide bonds. The van der Waals surface area contributed by atoms with E-state index in [0.29, 0.717) is 61.4 Å². The van der Waals surface area contributed by atoms with Crippen molar-refractivity contribution in [2.75, 3.05) is 38.0 Å². The number of benzene rings is 1. The lowest BCUT2D eigenvalue weighted by Gasteiger charge is -2.37. The number of nitrogens with zero attached hydrogens (tertiary/aromatic N) is 5. The van der Waals surface area contributed by atoms with E-state index in [4.69, 9.17) is 4.74 Å². The minimum atomic E-state index is -3.51. The molecule has 2 aromatic heterocycles. The summed E-state index contributed by atoms with van der Waals surface area (Å²) in [5, 5.41) is 14.3. The molecular formula is C35H48N6O6S. The van der Waals surface area contributed by atoms with Gasteiger partial charge in [-0.25, -0.2) is 18.2 Å². The molecule has 0 unspecified atom stereocenters. The van der Waals surface area contributed by atoms with Gasteiger partial charge in [-0.1, -0.05) is 0 Å². The first-order chi connectivity index (χ1) is 22.7. The standard InChI is InChI=1S/C35H48N6O6S/c1-34(2,3)47-33(43)40-20-13-24(14-21-40)23-39-18-15-28(16-19-39)48(45,46)27-10-8-26(9-11-27)37-32-36-22-25-7-12-30(42)41(31(25)38-32)29-6-5-17-35(29,4)44/h7-12,22,24,28-29,44H,5-6,13-21,23H2,1-4H3,(H,36,37,38)/t29-,35-/m0/s1. The molecule has 0 bridgehead atoms. The van der Waals surface area contributed by atoms with Crippen LogP contribution in [0.3, 0.4) is 0 Å². The van der Waals surface area contributed by atoms with Crippen molar-refractivity contribution >= 4 is 38.6 Å². The summed E-state index contributed by atoms with van der Waals surface area (Å²) in [4.78, 5) is 38.8. The van der Waals surface area contributed by atoms with Gasteiger partial charge < -0.3 is 25.0 Å². The average Bonchev–Trinajstić information content (AvgIpc) is 3.39. The molecule has 3 fully saturated rings. The first kappa shape index (κ1) is 34.3. The number of ether oxygens (including phenoxy) is 1. The molecule has 3 aromatic rings. The van der Waals surface area contributed by atoms with Crippen molar-refractivity contribution in [1.82, 2.24) is 24.3 Å². The maximum absolute atomic E-state index is 13.6. The van der Waals surface area contributed by atoms with E-state index in [9.17, 15) is 23.1 Å². The van der Waals surface area contributed by atoms with Crippen LogP contribution in [0.2, 0.25) is 0 Å². The van der Waals surface area contributed by atoms with Crippen LogP contribution in [-0.2, 0) is 14.6 Å². The predicted molar refractivity (Wildman–Crippen MR) is 184 cm³/mol. The van der Waals surface area contributed by atoms with Gasteiger partial charge in [-0.05, 0) is 122 Å². The van der Waals surface area contributed by atoms with Gasteiger partial charge in [0.1, 0.15) is 11.2 Å². The second-order valence-electron chi connectivity index (χ2n) is 14.9. The number of nitrogens with one attached hydrogen (secondary N) is 1. The molecule has 48 heavy (non-hydrogen) atoms. The minimum Gasteiger partial charge on any atom is -0.444 e. The second-order valence-corrected chi connectivity index (χ2v) is 17.1. The highest BCUT2D eigenvalue weighted by Crippen LogP contribution is 2.39. The largest absolute Gasteiger partial charge is 0.444 e. The fraction of sp³-hybridized carbons (Fsp3) is 0.600. The monoisotopic (exact) mass is 680 g/mol. The van der Waals surface area contributed by atoms with Crippen molar-refractivity contribution < 1.29 is 23.1 Å². The Bertz CT molecular complexity index is 1790. The molecule has 2 atom stereocenters. The molecule has 1 aromatic carbocycles. The molecule has 0 radical (unpaired) electrons. The van der Waals surface area contributed by atoms with Gasteiger partial charge in [0.2, 0.25) is 5.95 Å². The van der Waals surface area contributed by atoms with Gasteiger partial charge in [0.05, 0.1) is 21.8 Å². The molecule has 12 nitrogen and oxygen atoms in total. The average molecular weight is 681 g/mol. The van der Waals surface area contributed by atoms with Crippen LogP contribution in [0.15, 0.2) is 52.3 Å². The molecular weight excluding hydrogens is 632 g/mol. The zero-order valence-corrected chi connectivity index (χ0v) is 29.2. The molecule has 2 N–H and O–H groups in total. The number of carbonyl (C=O) groups is 1. The highest BCUT2D eigenvalue weighted by molar-refractivity contribution is 7.92. The van der Waals surface area contributed by atoms with Gasteiger partial charge >= 0.3 is 6.09 Å². The number of fused-ring (bicyclic) bond motifs is 1. The Balaban J connectivity index is 1.04. The summed E-state index contributed by atoms with van der Waals surface area (Å²) in [6, 6.07) is 9.44. The first-order valence-electron chi connectivity index (χ1n) is 17.1.